The summed E-state index contributed by atoms with van der Waals surface area (Å²) >= 11 is 0. The zero-order valence-electron chi connectivity index (χ0n) is 7.13. The standard InChI is InChI=1S/C9H12N.ClH.H2O/c1-3-9-7-5-6-8-10(9)4-2;;/h3,5-8H,1,4H2,2H3;1H;1H2/q+1;;/p-1. The van der Waals surface area contributed by atoms with Gasteiger partial charge in [0.25, 0.3) is 0 Å². The summed E-state index contributed by atoms with van der Waals surface area (Å²) in [4.78, 5) is 0. The van der Waals surface area contributed by atoms with Crippen LogP contribution in [-0.4, -0.2) is 5.48 Å². The minimum atomic E-state index is 0. The Bertz CT molecular complexity index is 238. The molecule has 1 aromatic rings. The molecule has 0 aliphatic rings. The number of hydrogen-bond acceptors (Lipinski definition) is 0. The lowest BCUT2D eigenvalue weighted by Crippen LogP contribution is -3.00. The van der Waals surface area contributed by atoms with Crippen molar-refractivity contribution in [1.82, 2.24) is 0 Å². The molecule has 0 fully saturated rings. The number of halogens is 1. The van der Waals surface area contributed by atoms with E-state index in [1.807, 2.05) is 18.2 Å². The number of rotatable bonds is 2. The van der Waals surface area contributed by atoms with E-state index in [0.717, 1.165) is 6.54 Å². The normalized spacial score (nSPS) is 7.75. The predicted molar refractivity (Wildman–Crippen MR) is 46.0 cm³/mol. The number of pyridine rings is 1. The molecule has 68 valence electrons. The highest BCUT2D eigenvalue weighted by Gasteiger charge is 1.99. The zero-order valence-corrected chi connectivity index (χ0v) is 7.88. The molecule has 1 aromatic heterocycles. The molecule has 0 spiro atoms. The third kappa shape index (κ3) is 3.03. The maximum Gasteiger partial charge on any atom is 0.204 e. The molecule has 1 rings (SSSR count). The fraction of sp³-hybridized carbons (Fsp3) is 0.222. The average Bonchev–Trinajstić information content (AvgIpc) is 2.04. The van der Waals surface area contributed by atoms with Crippen LogP contribution in [0.3, 0.4) is 0 Å². The molecule has 0 saturated heterocycles. The second kappa shape index (κ2) is 6.83. The molecule has 1 heterocycles. The molecule has 0 atom stereocenters. The highest BCUT2D eigenvalue weighted by Crippen LogP contribution is 1.91. The van der Waals surface area contributed by atoms with Gasteiger partial charge in [0.15, 0.2) is 6.20 Å². The van der Waals surface area contributed by atoms with Gasteiger partial charge in [-0.1, -0.05) is 6.58 Å². The van der Waals surface area contributed by atoms with Crippen molar-refractivity contribution in [3.05, 3.63) is 36.7 Å². The number of nitrogens with zero attached hydrogens (tertiary/aromatic N) is 1. The summed E-state index contributed by atoms with van der Waals surface area (Å²) in [7, 11) is 0. The Kier molecular flexibility index (Phi) is 7.80. The van der Waals surface area contributed by atoms with Crippen LogP contribution in [0.15, 0.2) is 31.0 Å². The van der Waals surface area contributed by atoms with Crippen molar-refractivity contribution >= 4 is 6.08 Å². The summed E-state index contributed by atoms with van der Waals surface area (Å²) in [5.41, 5.74) is 1.17. The van der Waals surface area contributed by atoms with Gasteiger partial charge < -0.3 is 17.9 Å². The summed E-state index contributed by atoms with van der Waals surface area (Å²) in [6.45, 7) is 6.84. The van der Waals surface area contributed by atoms with Crippen LogP contribution in [0, 0.1) is 0 Å². The molecule has 0 aliphatic carbocycles. The Hall–Kier alpha value is -0.860. The van der Waals surface area contributed by atoms with Gasteiger partial charge in [0, 0.05) is 18.2 Å². The van der Waals surface area contributed by atoms with Crippen molar-refractivity contribution in [1.29, 1.82) is 0 Å². The van der Waals surface area contributed by atoms with Gasteiger partial charge in [-0.25, -0.2) is 0 Å². The Balaban J connectivity index is 0. The van der Waals surface area contributed by atoms with Crippen molar-refractivity contribution in [2.75, 3.05) is 0 Å². The lowest BCUT2D eigenvalue weighted by molar-refractivity contribution is -0.695. The van der Waals surface area contributed by atoms with E-state index in [1.54, 1.807) is 0 Å². The SMILES string of the molecule is C=Cc1cccc[n+]1CC.O.[Cl-]. The van der Waals surface area contributed by atoms with Crippen LogP contribution in [0.25, 0.3) is 6.08 Å². The van der Waals surface area contributed by atoms with Gasteiger partial charge >= 0.3 is 0 Å². The third-order valence-corrected chi connectivity index (χ3v) is 1.53. The van der Waals surface area contributed by atoms with E-state index in [9.17, 15) is 0 Å². The van der Waals surface area contributed by atoms with Crippen LogP contribution in [-0.2, 0) is 6.54 Å². The maximum atomic E-state index is 3.72. The summed E-state index contributed by atoms with van der Waals surface area (Å²) in [5, 5.41) is 0. The number of aryl methyl sites for hydroxylation is 1. The molecule has 0 bridgehead atoms. The first kappa shape index (κ1) is 13.7. The Morgan fingerprint density at radius 1 is 1.50 bits per heavy atom. The second-order valence-corrected chi connectivity index (χ2v) is 2.12. The van der Waals surface area contributed by atoms with Crippen molar-refractivity contribution in [3.8, 4) is 0 Å². The molecule has 3 heteroatoms. The highest BCUT2D eigenvalue weighted by atomic mass is 35.5. The fourth-order valence-corrected chi connectivity index (χ4v) is 0.963. The first-order chi connectivity index (χ1) is 4.88. The zero-order chi connectivity index (χ0) is 7.40. The van der Waals surface area contributed by atoms with E-state index >= 15 is 0 Å². The minimum Gasteiger partial charge on any atom is -1.00 e. The van der Waals surface area contributed by atoms with Gasteiger partial charge in [-0.05, 0) is 13.0 Å². The van der Waals surface area contributed by atoms with E-state index in [1.165, 1.54) is 5.69 Å². The summed E-state index contributed by atoms with van der Waals surface area (Å²) in [6.07, 6.45) is 3.92. The lowest BCUT2D eigenvalue weighted by Gasteiger charge is -1.93. The second-order valence-electron chi connectivity index (χ2n) is 2.12. The van der Waals surface area contributed by atoms with Gasteiger partial charge in [0.05, 0.1) is 0 Å². The van der Waals surface area contributed by atoms with Crippen molar-refractivity contribution < 1.29 is 22.5 Å². The van der Waals surface area contributed by atoms with Crippen LogP contribution < -0.4 is 17.0 Å². The quantitative estimate of drug-likeness (QED) is 0.472. The van der Waals surface area contributed by atoms with E-state index in [2.05, 4.69) is 30.3 Å². The summed E-state index contributed by atoms with van der Waals surface area (Å²) < 4.78 is 2.15. The largest absolute Gasteiger partial charge is 1.00 e. The summed E-state index contributed by atoms with van der Waals surface area (Å²) in [5.74, 6) is 0. The first-order valence-electron chi connectivity index (χ1n) is 3.49. The highest BCUT2D eigenvalue weighted by molar-refractivity contribution is 5.36. The van der Waals surface area contributed by atoms with Crippen LogP contribution in [0.5, 0.6) is 0 Å². The maximum absolute atomic E-state index is 3.72. The van der Waals surface area contributed by atoms with Gasteiger partial charge in [0.2, 0.25) is 5.69 Å². The van der Waals surface area contributed by atoms with Gasteiger partial charge in [-0.2, -0.15) is 4.57 Å². The number of hydrogen-bond donors (Lipinski definition) is 0. The molecule has 2 N–H and O–H groups in total. The van der Waals surface area contributed by atoms with Crippen LogP contribution in [0.1, 0.15) is 12.6 Å². The van der Waals surface area contributed by atoms with Crippen molar-refractivity contribution in [2.45, 2.75) is 13.5 Å². The Morgan fingerprint density at radius 3 is 2.58 bits per heavy atom. The Labute approximate surface area is 79.3 Å². The molecule has 0 amide bonds. The molecule has 0 unspecified atom stereocenters. The molecule has 12 heavy (non-hydrogen) atoms. The molecular formula is C9H14ClNO. The molecule has 0 aromatic carbocycles. The first-order valence-corrected chi connectivity index (χ1v) is 3.49. The molecule has 2 nitrogen and oxygen atoms in total. The predicted octanol–water partition coefficient (Wildman–Crippen LogP) is -2.18. The van der Waals surface area contributed by atoms with Crippen LogP contribution in [0.4, 0.5) is 0 Å². The van der Waals surface area contributed by atoms with E-state index in [0.29, 0.717) is 0 Å². The molecular weight excluding hydrogens is 174 g/mol. The van der Waals surface area contributed by atoms with Crippen molar-refractivity contribution in [2.24, 2.45) is 0 Å². The van der Waals surface area contributed by atoms with E-state index in [-0.39, 0.29) is 17.9 Å². The van der Waals surface area contributed by atoms with Crippen molar-refractivity contribution in [3.63, 3.8) is 0 Å². The van der Waals surface area contributed by atoms with E-state index in [4.69, 9.17) is 0 Å². The van der Waals surface area contributed by atoms with Crippen LogP contribution >= 0.6 is 0 Å². The summed E-state index contributed by atoms with van der Waals surface area (Å²) in [6, 6.07) is 6.09. The minimum absolute atomic E-state index is 0. The lowest BCUT2D eigenvalue weighted by atomic mass is 10.3. The molecule has 0 radical (unpaired) electrons. The topological polar surface area (TPSA) is 35.4 Å². The average molecular weight is 188 g/mol. The van der Waals surface area contributed by atoms with Gasteiger partial charge in [-0.15, -0.1) is 0 Å². The molecule has 0 saturated carbocycles. The third-order valence-electron chi connectivity index (χ3n) is 1.53. The Morgan fingerprint density at radius 2 is 2.17 bits per heavy atom. The van der Waals surface area contributed by atoms with E-state index < -0.39 is 0 Å². The van der Waals surface area contributed by atoms with Gasteiger partial charge in [-0.3, -0.25) is 0 Å². The number of aromatic nitrogens is 1. The molecule has 0 aliphatic heterocycles. The van der Waals surface area contributed by atoms with Crippen LogP contribution in [0.2, 0.25) is 0 Å². The smallest absolute Gasteiger partial charge is 0.204 e. The fourth-order valence-electron chi connectivity index (χ4n) is 0.963. The monoisotopic (exact) mass is 187 g/mol. The van der Waals surface area contributed by atoms with Gasteiger partial charge in [0.1, 0.15) is 6.54 Å².